The monoisotopic (exact) mass is 333 g/mol. The van der Waals surface area contributed by atoms with Crippen molar-refractivity contribution in [2.24, 2.45) is 17.8 Å². The standard InChI is InChI=1S/C19H27NO4/c1-4-11(2)9-12(3)17(22)16-18(23)15(10-20-19(16)24)13-5-7-14(21)8-6-13/h5-8,11-12,15-16,18,21,23H,4,9-10H2,1-3H3,(H,20,24)/t11-,12-,15?,16?,18?/m0/s1. The van der Waals surface area contributed by atoms with Crippen LogP contribution in [0.4, 0.5) is 0 Å². The number of hydrogen-bond acceptors (Lipinski definition) is 4. The maximum absolute atomic E-state index is 12.7. The molecule has 5 heteroatoms. The van der Waals surface area contributed by atoms with E-state index >= 15 is 0 Å². The third kappa shape index (κ3) is 3.96. The highest BCUT2D eigenvalue weighted by molar-refractivity contribution is 6.03. The lowest BCUT2D eigenvalue weighted by molar-refractivity contribution is -0.144. The fourth-order valence-electron chi connectivity index (χ4n) is 3.36. The van der Waals surface area contributed by atoms with Crippen LogP contribution in [0.25, 0.3) is 0 Å². The minimum Gasteiger partial charge on any atom is -0.508 e. The second-order valence-electron chi connectivity index (χ2n) is 6.96. The average molecular weight is 333 g/mol. The van der Waals surface area contributed by atoms with Crippen molar-refractivity contribution in [3.05, 3.63) is 29.8 Å². The van der Waals surface area contributed by atoms with Crippen LogP contribution in [-0.4, -0.2) is 34.6 Å². The number of carbonyl (C=O) groups excluding carboxylic acids is 2. The summed E-state index contributed by atoms with van der Waals surface area (Å²) in [5.41, 5.74) is 0.799. The highest BCUT2D eigenvalue weighted by atomic mass is 16.3. The van der Waals surface area contributed by atoms with E-state index in [1.807, 2.05) is 6.92 Å². The molecule has 1 amide bonds. The minimum atomic E-state index is -1.05. The summed E-state index contributed by atoms with van der Waals surface area (Å²) in [6.07, 6.45) is 0.651. The molecule has 0 spiro atoms. The normalized spacial score (nSPS) is 26.5. The van der Waals surface area contributed by atoms with Crippen molar-refractivity contribution >= 4 is 11.7 Å². The van der Waals surface area contributed by atoms with Crippen LogP contribution in [0.2, 0.25) is 0 Å². The zero-order valence-corrected chi connectivity index (χ0v) is 14.5. The Hall–Kier alpha value is -1.88. The van der Waals surface area contributed by atoms with Crippen LogP contribution in [0.3, 0.4) is 0 Å². The molecule has 1 aliphatic rings. The molecule has 0 aliphatic carbocycles. The Morgan fingerprint density at radius 1 is 1.29 bits per heavy atom. The van der Waals surface area contributed by atoms with Gasteiger partial charge < -0.3 is 15.5 Å². The van der Waals surface area contributed by atoms with E-state index in [2.05, 4.69) is 19.2 Å². The Bertz CT molecular complexity index is 584. The van der Waals surface area contributed by atoms with Crippen LogP contribution in [-0.2, 0) is 9.59 Å². The molecule has 3 unspecified atom stereocenters. The van der Waals surface area contributed by atoms with Crippen molar-refractivity contribution < 1.29 is 19.8 Å². The lowest BCUT2D eigenvalue weighted by atomic mass is 9.76. The Morgan fingerprint density at radius 2 is 1.92 bits per heavy atom. The quantitative estimate of drug-likeness (QED) is 0.697. The third-order valence-corrected chi connectivity index (χ3v) is 5.10. The first-order chi connectivity index (χ1) is 11.3. The molecule has 2 rings (SSSR count). The van der Waals surface area contributed by atoms with Crippen molar-refractivity contribution in [1.29, 1.82) is 0 Å². The van der Waals surface area contributed by atoms with Crippen molar-refractivity contribution in [2.45, 2.75) is 45.6 Å². The van der Waals surface area contributed by atoms with Gasteiger partial charge in [0.25, 0.3) is 0 Å². The van der Waals surface area contributed by atoms with E-state index in [1.165, 1.54) is 0 Å². The molecule has 5 atom stereocenters. The Balaban J connectivity index is 2.17. The second-order valence-corrected chi connectivity index (χ2v) is 6.96. The number of amides is 1. The van der Waals surface area contributed by atoms with Gasteiger partial charge in [-0.1, -0.05) is 39.3 Å². The van der Waals surface area contributed by atoms with Crippen LogP contribution in [0.15, 0.2) is 24.3 Å². The van der Waals surface area contributed by atoms with E-state index in [-0.39, 0.29) is 29.9 Å². The van der Waals surface area contributed by atoms with Crippen LogP contribution in [0.5, 0.6) is 5.75 Å². The van der Waals surface area contributed by atoms with E-state index < -0.39 is 17.9 Å². The molecule has 132 valence electrons. The highest BCUT2D eigenvalue weighted by Crippen LogP contribution is 2.31. The molecule has 1 fully saturated rings. The van der Waals surface area contributed by atoms with Crippen LogP contribution < -0.4 is 5.32 Å². The van der Waals surface area contributed by atoms with Gasteiger partial charge in [0.1, 0.15) is 11.7 Å². The number of hydrogen-bond donors (Lipinski definition) is 3. The van der Waals surface area contributed by atoms with E-state index in [1.54, 1.807) is 24.3 Å². The van der Waals surface area contributed by atoms with Gasteiger partial charge in [-0.2, -0.15) is 0 Å². The number of aliphatic hydroxyl groups excluding tert-OH is 1. The zero-order chi connectivity index (χ0) is 17.9. The predicted molar refractivity (Wildman–Crippen MR) is 91.6 cm³/mol. The molecule has 1 saturated heterocycles. The van der Waals surface area contributed by atoms with E-state index in [9.17, 15) is 19.8 Å². The number of Topliss-reactive ketones (excluding diaryl/α,β-unsaturated/α-hetero) is 1. The third-order valence-electron chi connectivity index (χ3n) is 5.10. The maximum Gasteiger partial charge on any atom is 0.233 e. The number of nitrogens with one attached hydrogen (secondary N) is 1. The van der Waals surface area contributed by atoms with E-state index in [4.69, 9.17) is 0 Å². The van der Waals surface area contributed by atoms with Gasteiger partial charge in [-0.05, 0) is 30.0 Å². The number of carbonyl (C=O) groups is 2. The molecule has 0 aromatic heterocycles. The number of phenols is 1. The molecule has 1 aromatic rings. The molecular formula is C19H27NO4. The van der Waals surface area contributed by atoms with Crippen LogP contribution >= 0.6 is 0 Å². The van der Waals surface area contributed by atoms with Crippen molar-refractivity contribution in [3.8, 4) is 5.75 Å². The van der Waals surface area contributed by atoms with E-state index in [0.29, 0.717) is 5.92 Å². The van der Waals surface area contributed by atoms with Gasteiger partial charge in [0.15, 0.2) is 5.78 Å². The van der Waals surface area contributed by atoms with E-state index in [0.717, 1.165) is 18.4 Å². The van der Waals surface area contributed by atoms with Crippen molar-refractivity contribution in [2.75, 3.05) is 6.54 Å². The molecule has 24 heavy (non-hydrogen) atoms. The molecule has 0 radical (unpaired) electrons. The molecule has 5 nitrogen and oxygen atoms in total. The minimum absolute atomic E-state index is 0.142. The Kier molecular flexibility index (Phi) is 5.99. The molecule has 1 aliphatic heterocycles. The zero-order valence-electron chi connectivity index (χ0n) is 14.5. The molecule has 0 bridgehead atoms. The highest BCUT2D eigenvalue weighted by Gasteiger charge is 2.43. The summed E-state index contributed by atoms with van der Waals surface area (Å²) >= 11 is 0. The number of aromatic hydroxyl groups is 1. The lowest BCUT2D eigenvalue weighted by Gasteiger charge is -2.35. The lowest BCUT2D eigenvalue weighted by Crippen LogP contribution is -2.53. The van der Waals surface area contributed by atoms with Crippen LogP contribution in [0, 0.1) is 17.8 Å². The number of rotatable bonds is 6. The van der Waals surface area contributed by atoms with Gasteiger partial charge >= 0.3 is 0 Å². The SMILES string of the molecule is CC[C@H](C)C[C@H](C)C(=O)C1C(=O)NCC(c2ccc(O)cc2)C1O. The average Bonchev–Trinajstić information content (AvgIpc) is 2.55. The number of ketones is 1. The first-order valence-corrected chi connectivity index (χ1v) is 8.63. The van der Waals surface area contributed by atoms with Gasteiger partial charge in [-0.15, -0.1) is 0 Å². The van der Waals surface area contributed by atoms with Crippen molar-refractivity contribution in [3.63, 3.8) is 0 Å². The molecule has 1 heterocycles. The summed E-state index contributed by atoms with van der Waals surface area (Å²) in [7, 11) is 0. The Labute approximate surface area is 143 Å². The number of phenolic OH excluding ortho intramolecular Hbond substituents is 1. The molecular weight excluding hydrogens is 306 g/mol. The van der Waals surface area contributed by atoms with Gasteiger partial charge in [-0.25, -0.2) is 0 Å². The summed E-state index contributed by atoms with van der Waals surface area (Å²) in [4.78, 5) is 24.9. The predicted octanol–water partition coefficient (Wildman–Crippen LogP) is 2.22. The summed E-state index contributed by atoms with van der Waals surface area (Å²) in [6.45, 7) is 6.28. The molecule has 3 N–H and O–H groups in total. The van der Waals surface area contributed by atoms with Gasteiger partial charge in [0, 0.05) is 18.4 Å². The van der Waals surface area contributed by atoms with Gasteiger partial charge in [-0.3, -0.25) is 9.59 Å². The number of benzene rings is 1. The number of aliphatic hydroxyl groups is 1. The topological polar surface area (TPSA) is 86.6 Å². The van der Waals surface area contributed by atoms with Gasteiger partial charge in [0.05, 0.1) is 6.10 Å². The summed E-state index contributed by atoms with van der Waals surface area (Å²) in [5.74, 6) is -1.68. The first kappa shape index (κ1) is 18.5. The summed E-state index contributed by atoms with van der Waals surface area (Å²) in [6, 6.07) is 6.51. The fourth-order valence-corrected chi connectivity index (χ4v) is 3.36. The largest absolute Gasteiger partial charge is 0.508 e. The first-order valence-electron chi connectivity index (χ1n) is 8.63. The second kappa shape index (κ2) is 7.79. The summed E-state index contributed by atoms with van der Waals surface area (Å²) in [5, 5.41) is 22.8. The molecule has 1 aromatic carbocycles. The van der Waals surface area contributed by atoms with Crippen LogP contribution in [0.1, 0.15) is 45.1 Å². The molecule has 0 saturated carbocycles. The maximum atomic E-state index is 12.7. The van der Waals surface area contributed by atoms with Gasteiger partial charge in [0.2, 0.25) is 5.91 Å². The Morgan fingerprint density at radius 3 is 2.50 bits per heavy atom. The summed E-state index contributed by atoms with van der Waals surface area (Å²) < 4.78 is 0. The van der Waals surface area contributed by atoms with Crippen molar-refractivity contribution in [1.82, 2.24) is 5.32 Å². The number of piperidine rings is 1. The smallest absolute Gasteiger partial charge is 0.233 e. The fraction of sp³-hybridized carbons (Fsp3) is 0.579.